The van der Waals surface area contributed by atoms with Gasteiger partial charge in [-0.3, -0.25) is 0 Å². The molecule has 230 valence electrons. The Kier molecular flexibility index (Phi) is 7.67. The zero-order chi connectivity index (χ0) is 33.7. The molecular weight excluding hydrogens is 706 g/mol. The molecule has 47 heavy (non-hydrogen) atoms. The Morgan fingerprint density at radius 3 is 1.30 bits per heavy atom. The quantitative estimate of drug-likeness (QED) is 0.134. The van der Waals surface area contributed by atoms with Gasteiger partial charge in [0.05, 0.1) is 45.4 Å². The number of halogens is 4. The third-order valence-corrected chi connectivity index (χ3v) is 13.1. The van der Waals surface area contributed by atoms with Gasteiger partial charge in [0.1, 0.15) is 0 Å². The number of hydrogen-bond donors (Lipinski definition) is 0. The van der Waals surface area contributed by atoms with E-state index in [0.29, 0.717) is 43.1 Å². The highest BCUT2D eigenvalue weighted by molar-refractivity contribution is 7.24. The molecule has 0 bridgehead atoms. The molecule has 4 aromatic rings. The van der Waals surface area contributed by atoms with Gasteiger partial charge in [-0.2, -0.15) is 0 Å². The third kappa shape index (κ3) is 4.34. The maximum atomic E-state index is 10.1. The second kappa shape index (κ2) is 11.3. The predicted octanol–water partition coefficient (Wildman–Crippen LogP) is 13.1. The molecular formula is C37H22Cl4N4S2. The van der Waals surface area contributed by atoms with Crippen LogP contribution in [0.5, 0.6) is 0 Å². The zero-order valence-corrected chi connectivity index (χ0v) is 30.2. The molecule has 3 aliphatic rings. The zero-order valence-electron chi connectivity index (χ0n) is 25.5. The number of nitriles is 2. The van der Waals surface area contributed by atoms with Crippen LogP contribution in [0.3, 0.4) is 0 Å². The Hall–Kier alpha value is -3.56. The van der Waals surface area contributed by atoms with E-state index in [2.05, 4.69) is 49.5 Å². The predicted molar refractivity (Wildman–Crippen MR) is 195 cm³/mol. The summed E-state index contributed by atoms with van der Waals surface area (Å²) in [5.41, 5.74) is 8.34. The van der Waals surface area contributed by atoms with Crippen molar-refractivity contribution in [2.45, 2.75) is 46.0 Å². The summed E-state index contributed by atoms with van der Waals surface area (Å²) in [5, 5.41) is 21.7. The van der Waals surface area contributed by atoms with Crippen molar-refractivity contribution in [2.24, 2.45) is 11.8 Å². The molecule has 0 fully saturated rings. The molecule has 0 saturated heterocycles. The molecule has 0 radical (unpaired) electrons. The van der Waals surface area contributed by atoms with E-state index in [1.165, 1.54) is 11.1 Å². The first-order valence-corrected chi connectivity index (χ1v) is 18.0. The molecule has 0 atom stereocenters. The van der Waals surface area contributed by atoms with Crippen molar-refractivity contribution < 1.29 is 0 Å². The lowest BCUT2D eigenvalue weighted by atomic mass is 9.66. The highest BCUT2D eigenvalue weighted by atomic mass is 35.5. The second-order valence-electron chi connectivity index (χ2n) is 12.8. The fourth-order valence-electron chi connectivity index (χ4n) is 7.88. The molecule has 7 rings (SSSR count). The number of nitrogens with zero attached hydrogens (tertiary/aromatic N) is 4. The van der Waals surface area contributed by atoms with Crippen LogP contribution in [-0.2, 0) is 5.41 Å². The van der Waals surface area contributed by atoms with Gasteiger partial charge in [0.2, 0.25) is 0 Å². The van der Waals surface area contributed by atoms with Gasteiger partial charge in [-0.15, -0.1) is 22.7 Å². The van der Waals surface area contributed by atoms with Crippen molar-refractivity contribution in [1.29, 1.82) is 10.5 Å². The Balaban J connectivity index is 1.68. The lowest BCUT2D eigenvalue weighted by Crippen LogP contribution is -2.30. The molecule has 0 amide bonds. The van der Waals surface area contributed by atoms with Crippen LogP contribution in [0.15, 0.2) is 35.7 Å². The van der Waals surface area contributed by atoms with Crippen LogP contribution in [0.2, 0.25) is 20.1 Å². The fraction of sp³-hybridized carbons (Fsp3) is 0.243. The average molecular weight is 729 g/mol. The molecule has 0 saturated carbocycles. The summed E-state index contributed by atoms with van der Waals surface area (Å²) in [5.74, 6) is 0.590. The van der Waals surface area contributed by atoms with E-state index in [1.54, 1.807) is 34.8 Å². The molecule has 0 spiro atoms. The van der Waals surface area contributed by atoms with Crippen LogP contribution < -0.4 is 0 Å². The van der Waals surface area contributed by atoms with Crippen molar-refractivity contribution in [1.82, 2.24) is 0 Å². The summed E-state index contributed by atoms with van der Waals surface area (Å²) in [6.45, 7) is 24.7. The van der Waals surface area contributed by atoms with Gasteiger partial charge in [0, 0.05) is 47.2 Å². The summed E-state index contributed by atoms with van der Waals surface area (Å²) < 4.78 is 0. The van der Waals surface area contributed by atoms with Crippen LogP contribution in [0.1, 0.15) is 72.5 Å². The summed E-state index contributed by atoms with van der Waals surface area (Å²) >= 11 is 29.6. The molecule has 0 unspecified atom stereocenters. The Morgan fingerprint density at radius 1 is 0.660 bits per heavy atom. The maximum absolute atomic E-state index is 10.1. The van der Waals surface area contributed by atoms with E-state index in [0.717, 1.165) is 65.7 Å². The molecule has 0 N–H and O–H groups in total. The Labute approximate surface area is 301 Å². The topological polar surface area (TPSA) is 56.3 Å². The van der Waals surface area contributed by atoms with Gasteiger partial charge in [0.25, 0.3) is 11.4 Å². The van der Waals surface area contributed by atoms with E-state index in [9.17, 15) is 10.5 Å². The molecule has 4 nitrogen and oxygen atoms in total. The van der Waals surface area contributed by atoms with Gasteiger partial charge < -0.3 is 0 Å². The first-order valence-electron chi connectivity index (χ1n) is 14.8. The Bertz CT molecular complexity index is 2160. The van der Waals surface area contributed by atoms with Crippen LogP contribution in [0, 0.1) is 47.6 Å². The van der Waals surface area contributed by atoms with Crippen LogP contribution in [-0.4, -0.2) is 0 Å². The van der Waals surface area contributed by atoms with Crippen LogP contribution in [0.4, 0.5) is 0 Å². The van der Waals surface area contributed by atoms with E-state index in [-0.39, 0.29) is 11.4 Å². The fourth-order valence-corrected chi connectivity index (χ4v) is 11.6. The molecule has 2 aromatic heterocycles. The molecule has 10 heteroatoms. The molecule has 2 aromatic carbocycles. The van der Waals surface area contributed by atoms with Crippen LogP contribution in [0.25, 0.3) is 52.8 Å². The number of rotatable bonds is 4. The summed E-state index contributed by atoms with van der Waals surface area (Å²) in [6, 6.07) is 11.6. The smallest absolute Gasteiger partial charge is 0.226 e. The second-order valence-corrected chi connectivity index (χ2v) is 16.5. The van der Waals surface area contributed by atoms with Crippen molar-refractivity contribution in [3.8, 4) is 44.1 Å². The van der Waals surface area contributed by atoms with Crippen LogP contribution >= 0.6 is 69.1 Å². The van der Waals surface area contributed by atoms with Crippen molar-refractivity contribution in [3.05, 3.63) is 111 Å². The first-order chi connectivity index (χ1) is 22.4. The summed E-state index contributed by atoms with van der Waals surface area (Å²) in [6.07, 6.45) is 1.65. The summed E-state index contributed by atoms with van der Waals surface area (Å²) in [7, 11) is 0. The van der Waals surface area contributed by atoms with Crippen molar-refractivity contribution in [2.75, 3.05) is 0 Å². The summed E-state index contributed by atoms with van der Waals surface area (Å²) in [4.78, 5) is 11.2. The van der Waals surface area contributed by atoms with Gasteiger partial charge >= 0.3 is 0 Å². The molecule has 0 aliphatic heterocycles. The minimum Gasteiger partial charge on any atom is -0.226 e. The molecule has 2 heterocycles. The van der Waals surface area contributed by atoms with Gasteiger partial charge in [-0.1, -0.05) is 74.1 Å². The number of benzene rings is 2. The minimum absolute atomic E-state index is 0.0110. The maximum Gasteiger partial charge on any atom is 0.271 e. The largest absolute Gasteiger partial charge is 0.271 e. The number of thiophene rings is 2. The van der Waals surface area contributed by atoms with E-state index in [4.69, 9.17) is 59.5 Å². The first kappa shape index (κ1) is 32.0. The standard InChI is InChI=1S/C37H22Cl4N4S2/c1-15(2)11-37(12-16(3)4)31-29-19-9-23(40)21(38)7-17(19)27(25(13-42)44-5)33(29)46-35(31)36-32(37)30-20-10-24(41)22(39)8-18(20)28(34(30)47-36)26(14-43)45-6/h7-10,15-16H,11-12H2,1-4H3/b27-25-,28-26+. The lowest BCUT2D eigenvalue weighted by molar-refractivity contribution is 0.339. The molecule has 3 aliphatic carbocycles. The van der Waals surface area contributed by atoms with E-state index >= 15 is 0 Å². The normalized spacial score (nSPS) is 16.4. The Morgan fingerprint density at radius 2 is 1.00 bits per heavy atom. The highest BCUT2D eigenvalue weighted by Gasteiger charge is 2.54. The highest BCUT2D eigenvalue weighted by Crippen LogP contribution is 2.71. The van der Waals surface area contributed by atoms with Crippen molar-refractivity contribution in [3.63, 3.8) is 0 Å². The SMILES string of the molecule is [C-]#[N+]/C(C#N)=C1/c2cc(Cl)c(Cl)cc2-c2c1sc1c2C(CC(C)C)(CC(C)C)c2c-1sc1c2-c2cc(Cl)c(Cl)cc2/C1=C(/C#N)[N+]#[C-]. The van der Waals surface area contributed by atoms with Gasteiger partial charge in [0.15, 0.2) is 0 Å². The number of allylic oxidation sites excluding steroid dienone is 2. The third-order valence-electron chi connectivity index (χ3n) is 9.05. The van der Waals surface area contributed by atoms with Gasteiger partial charge in [-0.05, 0) is 82.3 Å². The minimum atomic E-state index is -0.478. The monoisotopic (exact) mass is 726 g/mol. The number of fused-ring (bicyclic) bond motifs is 11. The van der Waals surface area contributed by atoms with Gasteiger partial charge in [-0.25, -0.2) is 20.2 Å². The average Bonchev–Trinajstić information content (AvgIpc) is 3.76. The van der Waals surface area contributed by atoms with Crippen molar-refractivity contribution >= 4 is 80.2 Å². The van der Waals surface area contributed by atoms with E-state index < -0.39 is 5.41 Å². The lowest BCUT2D eigenvalue weighted by Gasteiger charge is -2.36. The van der Waals surface area contributed by atoms with E-state index in [1.807, 2.05) is 12.1 Å². The number of hydrogen-bond acceptors (Lipinski definition) is 4.